The van der Waals surface area contributed by atoms with Gasteiger partial charge in [-0.3, -0.25) is 9.69 Å². The third-order valence-electron chi connectivity index (χ3n) is 4.85. The molecule has 0 aliphatic carbocycles. The number of rotatable bonds is 3. The van der Waals surface area contributed by atoms with Crippen LogP contribution in [-0.4, -0.2) is 45.2 Å². The maximum Gasteiger partial charge on any atom is 0.275 e. The summed E-state index contributed by atoms with van der Waals surface area (Å²) in [5.41, 5.74) is 2.45. The van der Waals surface area contributed by atoms with Gasteiger partial charge in [0.1, 0.15) is 5.51 Å². The van der Waals surface area contributed by atoms with Crippen LogP contribution in [0.4, 0.5) is 0 Å². The number of nitrogens with zero attached hydrogens (tertiary/aromatic N) is 4. The number of nitrogens with one attached hydrogen (secondary N) is 1. The van der Waals surface area contributed by atoms with Crippen molar-refractivity contribution in [3.05, 3.63) is 27.6 Å². The van der Waals surface area contributed by atoms with Crippen LogP contribution in [0, 0.1) is 11.8 Å². The molecular formula is C14H19N5OS. The van der Waals surface area contributed by atoms with Gasteiger partial charge in [-0.05, 0) is 31.3 Å². The Kier molecular flexibility index (Phi) is 3.28. The quantitative estimate of drug-likeness (QED) is 0.899. The first-order chi connectivity index (χ1) is 10.3. The molecule has 0 bridgehead atoms. The average molecular weight is 305 g/mol. The van der Waals surface area contributed by atoms with Crippen LogP contribution in [0.25, 0.3) is 4.96 Å². The molecule has 3 unspecified atom stereocenters. The molecule has 0 aromatic carbocycles. The van der Waals surface area contributed by atoms with Crippen molar-refractivity contribution in [2.45, 2.75) is 25.9 Å². The summed E-state index contributed by atoms with van der Waals surface area (Å²) in [7, 11) is 0. The molecule has 1 N–H and O–H groups in total. The molecule has 3 atom stereocenters. The molecule has 112 valence electrons. The van der Waals surface area contributed by atoms with E-state index in [1.54, 1.807) is 11.6 Å². The predicted octanol–water partition coefficient (Wildman–Crippen LogP) is 0.581. The molecule has 0 amide bonds. The molecular weight excluding hydrogens is 286 g/mol. The number of hydrogen-bond acceptors (Lipinski definition) is 6. The Hall–Kier alpha value is -1.31. The van der Waals surface area contributed by atoms with Gasteiger partial charge in [0.25, 0.3) is 5.56 Å². The minimum Gasteiger partial charge on any atom is -0.316 e. The number of fused-ring (bicyclic) bond motifs is 2. The maximum absolute atomic E-state index is 12.0. The summed E-state index contributed by atoms with van der Waals surface area (Å²) in [6.45, 7) is 6.40. The van der Waals surface area contributed by atoms with E-state index in [9.17, 15) is 4.79 Å². The van der Waals surface area contributed by atoms with Crippen LogP contribution in [-0.2, 0) is 6.54 Å². The number of aromatic nitrogens is 3. The fraction of sp³-hybridized carbons (Fsp3) is 0.643. The van der Waals surface area contributed by atoms with Crippen LogP contribution < -0.4 is 10.9 Å². The first kappa shape index (κ1) is 13.4. The smallest absolute Gasteiger partial charge is 0.275 e. The van der Waals surface area contributed by atoms with Crippen molar-refractivity contribution in [1.82, 2.24) is 24.8 Å². The van der Waals surface area contributed by atoms with Crippen molar-refractivity contribution < 1.29 is 0 Å². The summed E-state index contributed by atoms with van der Waals surface area (Å²) in [6.07, 6.45) is 1.16. The van der Waals surface area contributed by atoms with E-state index in [1.807, 2.05) is 0 Å². The fourth-order valence-electron chi connectivity index (χ4n) is 3.94. The van der Waals surface area contributed by atoms with E-state index < -0.39 is 0 Å². The largest absolute Gasteiger partial charge is 0.316 e. The lowest BCUT2D eigenvalue weighted by atomic mass is 9.93. The minimum atomic E-state index is -0.0784. The molecule has 0 spiro atoms. The van der Waals surface area contributed by atoms with E-state index in [4.69, 9.17) is 0 Å². The summed E-state index contributed by atoms with van der Waals surface area (Å²) in [4.78, 5) is 19.8. The molecule has 4 heterocycles. The maximum atomic E-state index is 12.0. The van der Waals surface area contributed by atoms with Gasteiger partial charge in [0.15, 0.2) is 0 Å². The molecule has 2 aromatic rings. The monoisotopic (exact) mass is 305 g/mol. The van der Waals surface area contributed by atoms with E-state index in [1.165, 1.54) is 15.9 Å². The van der Waals surface area contributed by atoms with Crippen LogP contribution in [0.3, 0.4) is 0 Å². The summed E-state index contributed by atoms with van der Waals surface area (Å²) in [5.74, 6) is 1.51. The van der Waals surface area contributed by atoms with Gasteiger partial charge in [-0.15, -0.1) is 0 Å². The van der Waals surface area contributed by atoms with E-state index in [-0.39, 0.29) is 5.56 Å². The van der Waals surface area contributed by atoms with Crippen molar-refractivity contribution in [3.63, 3.8) is 0 Å². The zero-order chi connectivity index (χ0) is 14.4. The van der Waals surface area contributed by atoms with Crippen LogP contribution in [0.15, 0.2) is 16.4 Å². The molecule has 0 radical (unpaired) electrons. The highest BCUT2D eigenvalue weighted by Crippen LogP contribution is 2.34. The van der Waals surface area contributed by atoms with Crippen molar-refractivity contribution >= 4 is 16.3 Å². The van der Waals surface area contributed by atoms with E-state index in [0.717, 1.165) is 50.1 Å². The van der Waals surface area contributed by atoms with Gasteiger partial charge in [-0.25, -0.2) is 4.98 Å². The minimum absolute atomic E-state index is 0.0784. The fourth-order valence-corrected chi connectivity index (χ4v) is 4.59. The Morgan fingerprint density at radius 1 is 1.48 bits per heavy atom. The third-order valence-corrected chi connectivity index (χ3v) is 5.52. The lowest BCUT2D eigenvalue weighted by molar-refractivity contribution is 0.208. The SMILES string of the molecule is CCC1C2CNCC2CN1Cc1cc(=O)n2ncsc2n1. The first-order valence-electron chi connectivity index (χ1n) is 7.53. The Bertz CT molecular complexity index is 711. The van der Waals surface area contributed by atoms with Gasteiger partial charge in [-0.2, -0.15) is 9.61 Å². The van der Waals surface area contributed by atoms with Crippen LogP contribution >= 0.6 is 11.3 Å². The molecule has 4 rings (SSSR count). The van der Waals surface area contributed by atoms with E-state index in [0.29, 0.717) is 11.0 Å². The van der Waals surface area contributed by atoms with Gasteiger partial charge in [0.2, 0.25) is 4.96 Å². The second-order valence-electron chi connectivity index (χ2n) is 6.01. The molecule has 2 aromatic heterocycles. The molecule has 6 nitrogen and oxygen atoms in total. The topological polar surface area (TPSA) is 62.5 Å². The lowest BCUT2D eigenvalue weighted by Gasteiger charge is -2.26. The van der Waals surface area contributed by atoms with Crippen molar-refractivity contribution in [1.29, 1.82) is 0 Å². The Labute approximate surface area is 126 Å². The van der Waals surface area contributed by atoms with E-state index in [2.05, 4.69) is 27.2 Å². The highest BCUT2D eigenvalue weighted by atomic mass is 32.1. The van der Waals surface area contributed by atoms with Gasteiger partial charge in [-0.1, -0.05) is 18.3 Å². The second-order valence-corrected chi connectivity index (χ2v) is 6.82. The Morgan fingerprint density at radius 3 is 3.24 bits per heavy atom. The summed E-state index contributed by atoms with van der Waals surface area (Å²) in [6, 6.07) is 2.23. The lowest BCUT2D eigenvalue weighted by Crippen LogP contribution is -2.35. The number of likely N-dealkylation sites (tertiary alicyclic amines) is 1. The van der Waals surface area contributed by atoms with Gasteiger partial charge in [0.05, 0.1) is 5.69 Å². The van der Waals surface area contributed by atoms with Crippen molar-refractivity contribution in [3.8, 4) is 0 Å². The zero-order valence-corrected chi connectivity index (χ0v) is 12.8. The molecule has 2 aliphatic rings. The van der Waals surface area contributed by atoms with Crippen LogP contribution in [0.1, 0.15) is 19.0 Å². The third kappa shape index (κ3) is 2.20. The molecule has 7 heteroatoms. The van der Waals surface area contributed by atoms with E-state index >= 15 is 0 Å². The van der Waals surface area contributed by atoms with Gasteiger partial charge in [0, 0.05) is 25.2 Å². The second kappa shape index (κ2) is 5.15. The Balaban J connectivity index is 1.60. The first-order valence-corrected chi connectivity index (χ1v) is 8.41. The normalized spacial score (nSPS) is 29.3. The number of hydrogen-bond donors (Lipinski definition) is 1. The summed E-state index contributed by atoms with van der Waals surface area (Å²) >= 11 is 1.41. The molecule has 2 fully saturated rings. The zero-order valence-electron chi connectivity index (χ0n) is 12.0. The summed E-state index contributed by atoms with van der Waals surface area (Å²) in [5, 5.41) is 7.51. The van der Waals surface area contributed by atoms with Gasteiger partial charge < -0.3 is 5.32 Å². The predicted molar refractivity (Wildman–Crippen MR) is 81.5 cm³/mol. The molecule has 0 saturated carbocycles. The molecule has 2 aliphatic heterocycles. The average Bonchev–Trinajstić information content (AvgIpc) is 3.13. The Morgan fingerprint density at radius 2 is 2.38 bits per heavy atom. The van der Waals surface area contributed by atoms with Crippen LogP contribution in [0.2, 0.25) is 0 Å². The van der Waals surface area contributed by atoms with Crippen molar-refractivity contribution in [2.24, 2.45) is 11.8 Å². The molecule has 2 saturated heterocycles. The van der Waals surface area contributed by atoms with Crippen LogP contribution in [0.5, 0.6) is 0 Å². The highest BCUT2D eigenvalue weighted by Gasteiger charge is 2.43. The highest BCUT2D eigenvalue weighted by molar-refractivity contribution is 7.14. The summed E-state index contributed by atoms with van der Waals surface area (Å²) < 4.78 is 1.37. The van der Waals surface area contributed by atoms with Crippen molar-refractivity contribution in [2.75, 3.05) is 19.6 Å². The van der Waals surface area contributed by atoms with Gasteiger partial charge >= 0.3 is 0 Å². The molecule has 21 heavy (non-hydrogen) atoms. The standard InChI is InChI=1S/C14H19N5OS/c1-2-12-11-5-15-4-9(11)6-18(12)7-10-3-13(20)19-14(17-10)21-8-16-19/h3,8-9,11-12,15H,2,4-7H2,1H3.